The first kappa shape index (κ1) is 34.1. The summed E-state index contributed by atoms with van der Waals surface area (Å²) in [5.74, 6) is -0.984. The lowest BCUT2D eigenvalue weighted by Gasteiger charge is -2.24. The van der Waals surface area contributed by atoms with Crippen molar-refractivity contribution in [2.24, 2.45) is 0 Å². The highest BCUT2D eigenvalue weighted by molar-refractivity contribution is 5.87. The number of rotatable bonds is 6. The topological polar surface area (TPSA) is 156 Å². The number of carbonyl (C=O) groups excluding carboxylic acids is 3. The van der Waals surface area contributed by atoms with Gasteiger partial charge in [-0.15, -0.1) is 22.6 Å². The molecule has 2 aliphatic rings. The van der Waals surface area contributed by atoms with Crippen molar-refractivity contribution in [3.63, 3.8) is 0 Å². The number of nitrogens with one attached hydrogen (secondary N) is 1. The number of carbonyl (C=O) groups is 3. The molecule has 0 unspecified atom stereocenters. The first-order valence-corrected chi connectivity index (χ1v) is 14.4. The van der Waals surface area contributed by atoms with Crippen LogP contribution in [0.2, 0.25) is 0 Å². The molecule has 0 bridgehead atoms. The van der Waals surface area contributed by atoms with Crippen LogP contribution in [0, 0.1) is 0 Å². The minimum absolute atomic E-state index is 0. The van der Waals surface area contributed by atoms with Gasteiger partial charge >= 0.3 is 18.0 Å². The third kappa shape index (κ3) is 8.46. The van der Waals surface area contributed by atoms with Gasteiger partial charge < -0.3 is 19.5 Å². The second-order valence-electron chi connectivity index (χ2n) is 11.7. The summed E-state index contributed by atoms with van der Waals surface area (Å²) in [4.78, 5) is 36.7. The van der Waals surface area contributed by atoms with Gasteiger partial charge in [-0.25, -0.2) is 23.7 Å². The maximum atomic E-state index is 12.2. The van der Waals surface area contributed by atoms with E-state index >= 15 is 0 Å². The van der Waals surface area contributed by atoms with E-state index in [4.69, 9.17) is 4.74 Å². The molecular weight excluding hydrogens is 616 g/mol. The van der Waals surface area contributed by atoms with Crippen LogP contribution in [0.15, 0.2) is 48.8 Å². The minimum Gasteiger partial charge on any atom is -0.464 e. The Hall–Kier alpha value is -4.82. The third-order valence-electron chi connectivity index (χ3n) is 7.10. The lowest BCUT2D eigenvalue weighted by atomic mass is 10.1. The summed E-state index contributed by atoms with van der Waals surface area (Å²) in [7, 11) is 2.63. The number of nitrogens with zero attached hydrogens (tertiary/aromatic N) is 7. The van der Waals surface area contributed by atoms with Gasteiger partial charge in [0, 0.05) is 26.2 Å². The number of amides is 1. The van der Waals surface area contributed by atoms with Gasteiger partial charge in [-0.3, -0.25) is 4.90 Å². The van der Waals surface area contributed by atoms with E-state index in [2.05, 4.69) is 53.6 Å². The largest absolute Gasteiger partial charge is 0.464 e. The first-order valence-electron chi connectivity index (χ1n) is 14.4. The van der Waals surface area contributed by atoms with Crippen molar-refractivity contribution in [3.8, 4) is 0 Å². The second-order valence-corrected chi connectivity index (χ2v) is 11.7. The summed E-state index contributed by atoms with van der Waals surface area (Å²) in [5, 5.41) is 18.7. The zero-order chi connectivity index (χ0) is 32.1. The molecule has 2 aliphatic heterocycles. The van der Waals surface area contributed by atoms with E-state index in [1.807, 2.05) is 39.0 Å². The summed E-state index contributed by atoms with van der Waals surface area (Å²) in [6, 6.07) is 12.4. The molecule has 1 N–H and O–H groups in total. The van der Waals surface area contributed by atoms with E-state index in [1.165, 1.54) is 25.3 Å². The molecule has 0 saturated carbocycles. The van der Waals surface area contributed by atoms with Gasteiger partial charge in [0.2, 0.25) is 0 Å². The van der Waals surface area contributed by atoms with Crippen LogP contribution in [0.3, 0.4) is 0 Å². The fraction of sp³-hybridized carbons (Fsp3) is 0.387. The fourth-order valence-electron chi connectivity index (χ4n) is 4.97. The zero-order valence-electron chi connectivity index (χ0n) is 26.3. The van der Waals surface area contributed by atoms with E-state index in [9.17, 15) is 14.4 Å². The molecule has 14 nitrogen and oxygen atoms in total. The molecule has 0 fully saturated rings. The van der Waals surface area contributed by atoms with Crippen LogP contribution in [0.1, 0.15) is 75.1 Å². The first-order chi connectivity index (χ1) is 21.5. The molecule has 0 atom stereocenters. The molecule has 15 heteroatoms. The maximum Gasteiger partial charge on any atom is 0.410 e. The molecule has 4 heterocycles. The lowest BCUT2D eigenvalue weighted by molar-refractivity contribution is 0.0241. The van der Waals surface area contributed by atoms with Gasteiger partial charge in [-0.1, -0.05) is 46.8 Å². The van der Waals surface area contributed by atoms with Gasteiger partial charge in [-0.05, 0) is 54.2 Å². The molecule has 0 radical (unpaired) electrons. The van der Waals surface area contributed by atoms with Crippen LogP contribution >= 0.6 is 12.4 Å². The fourth-order valence-corrected chi connectivity index (χ4v) is 4.97. The number of halogens is 1. The van der Waals surface area contributed by atoms with Gasteiger partial charge in [0.1, 0.15) is 5.60 Å². The van der Waals surface area contributed by atoms with E-state index in [0.717, 1.165) is 35.3 Å². The summed E-state index contributed by atoms with van der Waals surface area (Å²) in [5.41, 5.74) is 6.90. The Morgan fingerprint density at radius 1 is 0.761 bits per heavy atom. The Kier molecular flexibility index (Phi) is 10.7. The Balaban J connectivity index is 0.000000213. The molecule has 0 aliphatic carbocycles. The van der Waals surface area contributed by atoms with Gasteiger partial charge in [0.25, 0.3) is 0 Å². The van der Waals surface area contributed by atoms with Crippen molar-refractivity contribution in [1.82, 2.24) is 40.2 Å². The van der Waals surface area contributed by atoms with Crippen LogP contribution in [0.4, 0.5) is 4.79 Å². The molecule has 0 saturated heterocycles. The SMILES string of the molecule is COC(=O)c1cn(Cc2ccc3c(c2)CN(C(=O)OC(C)(C)C)C3)nn1.COC(=O)c1cn(Cc2ccc3c(c2)CNC3)nn1.Cl. The van der Waals surface area contributed by atoms with Crippen molar-refractivity contribution in [2.75, 3.05) is 14.2 Å². The quantitative estimate of drug-likeness (QED) is 0.240. The molecular formula is C31H37ClN8O6. The minimum atomic E-state index is -0.516. The van der Waals surface area contributed by atoms with Crippen molar-refractivity contribution in [2.45, 2.75) is 65.6 Å². The maximum absolute atomic E-state index is 12.2. The second kappa shape index (κ2) is 14.5. The molecule has 0 spiro atoms. The van der Waals surface area contributed by atoms with Crippen molar-refractivity contribution < 1.29 is 28.6 Å². The van der Waals surface area contributed by atoms with Crippen LogP contribution in [-0.2, 0) is 53.5 Å². The Labute approximate surface area is 272 Å². The Morgan fingerprint density at radius 3 is 1.80 bits per heavy atom. The highest BCUT2D eigenvalue weighted by Crippen LogP contribution is 2.26. The van der Waals surface area contributed by atoms with Crippen molar-refractivity contribution in [1.29, 1.82) is 0 Å². The molecule has 2 aromatic heterocycles. The number of esters is 2. The highest BCUT2D eigenvalue weighted by Gasteiger charge is 2.28. The third-order valence-corrected chi connectivity index (χ3v) is 7.10. The number of aromatic nitrogens is 6. The molecule has 2 aromatic carbocycles. The van der Waals surface area contributed by atoms with E-state index in [1.54, 1.807) is 26.7 Å². The monoisotopic (exact) mass is 652 g/mol. The normalized spacial score (nSPS) is 13.1. The van der Waals surface area contributed by atoms with Gasteiger partial charge in [0.05, 0.1) is 39.7 Å². The van der Waals surface area contributed by atoms with Crippen LogP contribution < -0.4 is 5.32 Å². The number of fused-ring (bicyclic) bond motifs is 2. The lowest BCUT2D eigenvalue weighted by Crippen LogP contribution is -2.33. The van der Waals surface area contributed by atoms with Crippen LogP contribution in [0.25, 0.3) is 0 Å². The van der Waals surface area contributed by atoms with Gasteiger partial charge in [0.15, 0.2) is 11.4 Å². The summed E-state index contributed by atoms with van der Waals surface area (Å²) in [6.45, 7) is 9.54. The molecule has 6 rings (SSSR count). The van der Waals surface area contributed by atoms with E-state index in [0.29, 0.717) is 26.2 Å². The van der Waals surface area contributed by atoms with Crippen molar-refractivity contribution in [3.05, 3.63) is 93.6 Å². The van der Waals surface area contributed by atoms with E-state index < -0.39 is 17.5 Å². The van der Waals surface area contributed by atoms with Gasteiger partial charge in [-0.2, -0.15) is 0 Å². The molecule has 1 amide bonds. The number of hydrogen-bond acceptors (Lipinski definition) is 11. The standard InChI is InChI=1S/C18H22N4O4.C13H14N4O2.ClH/c1-18(2,3)26-17(24)21-9-13-6-5-12(7-14(13)10-21)8-22-11-15(19-20-22)16(23)25-4;1-19-13(18)12-8-17(16-15-12)7-9-2-3-10-5-14-6-11(10)4-9;/h5-7,11H,8-10H2,1-4H3;2-4,8,14H,5-7H2,1H3;1H. The average molecular weight is 653 g/mol. The highest BCUT2D eigenvalue weighted by atomic mass is 35.5. The number of ether oxygens (including phenoxy) is 3. The number of methoxy groups -OCH3 is 2. The predicted molar refractivity (Wildman–Crippen MR) is 167 cm³/mol. The Morgan fingerprint density at radius 2 is 1.26 bits per heavy atom. The molecule has 244 valence electrons. The number of benzene rings is 2. The number of hydrogen-bond donors (Lipinski definition) is 1. The smallest absolute Gasteiger partial charge is 0.410 e. The van der Waals surface area contributed by atoms with E-state index in [-0.39, 0.29) is 29.9 Å². The predicted octanol–water partition coefficient (Wildman–Crippen LogP) is 3.50. The Bertz CT molecular complexity index is 1710. The molecule has 46 heavy (non-hydrogen) atoms. The average Bonchev–Trinajstić information content (AvgIpc) is 3.82. The molecule has 4 aromatic rings. The van der Waals surface area contributed by atoms with Crippen molar-refractivity contribution >= 4 is 30.4 Å². The summed E-state index contributed by atoms with van der Waals surface area (Å²) < 4.78 is 17.9. The summed E-state index contributed by atoms with van der Waals surface area (Å²) in [6.07, 6.45) is 2.83. The van der Waals surface area contributed by atoms with Crippen LogP contribution in [-0.4, -0.2) is 72.7 Å². The summed E-state index contributed by atoms with van der Waals surface area (Å²) >= 11 is 0. The zero-order valence-corrected chi connectivity index (χ0v) is 27.2. The van der Waals surface area contributed by atoms with Crippen LogP contribution in [0.5, 0.6) is 0 Å².